The van der Waals surface area contributed by atoms with Crippen LogP contribution < -0.4 is 10.9 Å². The van der Waals surface area contributed by atoms with E-state index in [1.165, 1.54) is 6.08 Å². The summed E-state index contributed by atoms with van der Waals surface area (Å²) in [5.74, 6) is -0.259. The van der Waals surface area contributed by atoms with E-state index in [-0.39, 0.29) is 5.91 Å². The Kier molecular flexibility index (Phi) is 3.92. The van der Waals surface area contributed by atoms with Gasteiger partial charge >= 0.3 is 0 Å². The van der Waals surface area contributed by atoms with Crippen molar-refractivity contribution in [3.63, 3.8) is 0 Å². The van der Waals surface area contributed by atoms with Gasteiger partial charge in [0.2, 0.25) is 0 Å². The second kappa shape index (κ2) is 5.45. The molecule has 0 saturated heterocycles. The molecule has 0 aliphatic heterocycles. The zero-order valence-electron chi connectivity index (χ0n) is 8.32. The Labute approximate surface area is 88.2 Å². The first-order valence-corrected chi connectivity index (χ1v) is 4.45. The predicted octanol–water partition coefficient (Wildman–Crippen LogP) is 1.58. The third-order valence-corrected chi connectivity index (χ3v) is 1.69. The molecule has 1 aromatic rings. The van der Waals surface area contributed by atoms with Gasteiger partial charge in [-0.1, -0.05) is 18.2 Å². The van der Waals surface area contributed by atoms with Crippen molar-refractivity contribution in [3.05, 3.63) is 42.0 Å². The number of nitriles is 1. The molecule has 15 heavy (non-hydrogen) atoms. The summed E-state index contributed by atoms with van der Waals surface area (Å²) in [6.45, 7) is 1.75. The van der Waals surface area contributed by atoms with Crippen molar-refractivity contribution in [1.82, 2.24) is 5.43 Å². The molecule has 2 N–H and O–H groups in total. The number of nitrogens with one attached hydrogen (secondary N) is 2. The molecule has 0 aromatic heterocycles. The van der Waals surface area contributed by atoms with Crippen molar-refractivity contribution in [2.45, 2.75) is 6.92 Å². The predicted molar refractivity (Wildman–Crippen MR) is 57.7 cm³/mol. The van der Waals surface area contributed by atoms with Crippen LogP contribution in [0.4, 0.5) is 5.69 Å². The maximum Gasteiger partial charge on any atom is 0.261 e. The van der Waals surface area contributed by atoms with Crippen LogP contribution in [-0.4, -0.2) is 5.91 Å². The second-order valence-electron chi connectivity index (χ2n) is 2.77. The number of nitrogens with zero attached hydrogens (tertiary/aromatic N) is 1. The Morgan fingerprint density at radius 2 is 2.20 bits per heavy atom. The first-order valence-electron chi connectivity index (χ1n) is 4.45. The Balaban J connectivity index is 2.66. The zero-order valence-corrected chi connectivity index (χ0v) is 8.32. The Hall–Kier alpha value is -2.28. The number of allylic oxidation sites excluding steroid dienone is 1. The van der Waals surface area contributed by atoms with E-state index in [0.717, 1.165) is 0 Å². The number of amides is 1. The number of para-hydroxylation sites is 1. The van der Waals surface area contributed by atoms with Gasteiger partial charge in [-0.05, 0) is 19.1 Å². The minimum Gasteiger partial charge on any atom is -0.297 e. The molecule has 0 bridgehead atoms. The fourth-order valence-electron chi connectivity index (χ4n) is 1.01. The summed E-state index contributed by atoms with van der Waals surface area (Å²) in [6, 6.07) is 8.95. The van der Waals surface area contributed by atoms with Crippen LogP contribution >= 0.6 is 0 Å². The van der Waals surface area contributed by atoms with E-state index in [1.54, 1.807) is 37.3 Å². The molecule has 0 aliphatic rings. The van der Waals surface area contributed by atoms with Crippen LogP contribution in [0.2, 0.25) is 0 Å². The van der Waals surface area contributed by atoms with Gasteiger partial charge in [0.1, 0.15) is 6.07 Å². The number of rotatable bonds is 3. The molecule has 0 saturated carbocycles. The van der Waals surface area contributed by atoms with Gasteiger partial charge in [0.15, 0.2) is 0 Å². The molecule has 4 heteroatoms. The summed E-state index contributed by atoms with van der Waals surface area (Å²) in [7, 11) is 0. The van der Waals surface area contributed by atoms with Crippen LogP contribution in [-0.2, 0) is 4.79 Å². The lowest BCUT2D eigenvalue weighted by molar-refractivity contribution is -0.116. The van der Waals surface area contributed by atoms with E-state index in [2.05, 4.69) is 10.9 Å². The van der Waals surface area contributed by atoms with E-state index in [1.807, 2.05) is 6.07 Å². The Morgan fingerprint density at radius 3 is 2.87 bits per heavy atom. The van der Waals surface area contributed by atoms with Crippen LogP contribution in [0.5, 0.6) is 0 Å². The zero-order chi connectivity index (χ0) is 11.1. The van der Waals surface area contributed by atoms with Crippen molar-refractivity contribution in [2.75, 3.05) is 5.43 Å². The van der Waals surface area contributed by atoms with Gasteiger partial charge in [0.25, 0.3) is 5.91 Å². The normalized spacial score (nSPS) is 9.60. The minimum absolute atomic E-state index is 0.259. The van der Waals surface area contributed by atoms with E-state index < -0.39 is 0 Å². The van der Waals surface area contributed by atoms with E-state index >= 15 is 0 Å². The number of anilines is 1. The highest BCUT2D eigenvalue weighted by atomic mass is 16.2. The van der Waals surface area contributed by atoms with Crippen molar-refractivity contribution < 1.29 is 4.79 Å². The number of benzene rings is 1. The van der Waals surface area contributed by atoms with Crippen molar-refractivity contribution in [3.8, 4) is 6.07 Å². The molecule has 1 amide bonds. The summed E-state index contributed by atoms with van der Waals surface area (Å²) in [5.41, 5.74) is 6.19. The monoisotopic (exact) mass is 201 g/mol. The van der Waals surface area contributed by atoms with Crippen LogP contribution in [0.1, 0.15) is 12.5 Å². The molecule has 0 heterocycles. The van der Waals surface area contributed by atoms with Crippen LogP contribution in [0.3, 0.4) is 0 Å². The lowest BCUT2D eigenvalue weighted by Crippen LogP contribution is -2.27. The highest BCUT2D eigenvalue weighted by molar-refractivity contribution is 5.88. The van der Waals surface area contributed by atoms with Gasteiger partial charge < -0.3 is 0 Å². The summed E-state index contributed by atoms with van der Waals surface area (Å²) in [4.78, 5) is 11.1. The standard InChI is InChI=1S/C11H11N3O/c1-2-5-11(15)14-13-10-7-4-3-6-9(10)8-12/h2-7,13H,1H3,(H,14,15)/b5-2+. The molecule has 0 unspecified atom stereocenters. The largest absolute Gasteiger partial charge is 0.297 e. The molecular weight excluding hydrogens is 190 g/mol. The van der Waals surface area contributed by atoms with Gasteiger partial charge in [-0.2, -0.15) is 5.26 Å². The molecular formula is C11H11N3O. The topological polar surface area (TPSA) is 64.9 Å². The van der Waals surface area contributed by atoms with Crippen molar-refractivity contribution in [1.29, 1.82) is 5.26 Å². The lowest BCUT2D eigenvalue weighted by Gasteiger charge is -2.07. The number of carbonyl (C=O) groups is 1. The number of hydrogen-bond donors (Lipinski definition) is 2. The molecule has 0 atom stereocenters. The molecule has 0 aliphatic carbocycles. The minimum atomic E-state index is -0.259. The summed E-state index contributed by atoms with van der Waals surface area (Å²) in [5, 5.41) is 8.77. The van der Waals surface area contributed by atoms with Crippen LogP contribution in [0, 0.1) is 11.3 Å². The van der Waals surface area contributed by atoms with Gasteiger partial charge in [-0.15, -0.1) is 0 Å². The first-order chi connectivity index (χ1) is 7.27. The number of hydrazine groups is 1. The highest BCUT2D eigenvalue weighted by Crippen LogP contribution is 2.11. The Bertz CT molecular complexity index is 418. The molecule has 0 fully saturated rings. The smallest absolute Gasteiger partial charge is 0.261 e. The molecule has 1 rings (SSSR count). The van der Waals surface area contributed by atoms with Crippen molar-refractivity contribution >= 4 is 11.6 Å². The lowest BCUT2D eigenvalue weighted by atomic mass is 10.2. The summed E-state index contributed by atoms with van der Waals surface area (Å²) in [6.07, 6.45) is 3.02. The van der Waals surface area contributed by atoms with E-state index in [0.29, 0.717) is 11.3 Å². The van der Waals surface area contributed by atoms with Gasteiger partial charge in [-0.25, -0.2) is 0 Å². The molecule has 0 radical (unpaired) electrons. The molecule has 1 aromatic carbocycles. The van der Waals surface area contributed by atoms with Gasteiger partial charge in [0.05, 0.1) is 11.3 Å². The quantitative estimate of drug-likeness (QED) is 0.576. The van der Waals surface area contributed by atoms with Gasteiger partial charge in [0, 0.05) is 6.08 Å². The third-order valence-electron chi connectivity index (χ3n) is 1.69. The maximum absolute atomic E-state index is 11.1. The summed E-state index contributed by atoms with van der Waals surface area (Å²) < 4.78 is 0. The Morgan fingerprint density at radius 1 is 1.47 bits per heavy atom. The van der Waals surface area contributed by atoms with Crippen LogP contribution in [0.25, 0.3) is 0 Å². The third kappa shape index (κ3) is 3.16. The van der Waals surface area contributed by atoms with E-state index in [9.17, 15) is 4.79 Å². The first kappa shape index (κ1) is 10.8. The van der Waals surface area contributed by atoms with Crippen LogP contribution in [0.15, 0.2) is 36.4 Å². The van der Waals surface area contributed by atoms with Crippen molar-refractivity contribution in [2.24, 2.45) is 0 Å². The summed E-state index contributed by atoms with van der Waals surface area (Å²) >= 11 is 0. The molecule has 0 spiro atoms. The van der Waals surface area contributed by atoms with E-state index in [4.69, 9.17) is 5.26 Å². The molecule has 76 valence electrons. The number of carbonyl (C=O) groups excluding carboxylic acids is 1. The average molecular weight is 201 g/mol. The van der Waals surface area contributed by atoms with Gasteiger partial charge in [-0.3, -0.25) is 15.6 Å². The SMILES string of the molecule is C/C=C/C(=O)NNc1ccccc1C#N. The fourth-order valence-corrected chi connectivity index (χ4v) is 1.01. The average Bonchev–Trinajstić information content (AvgIpc) is 2.27. The second-order valence-corrected chi connectivity index (χ2v) is 2.77. The fraction of sp³-hybridized carbons (Fsp3) is 0.0909. The maximum atomic E-state index is 11.1. The highest BCUT2D eigenvalue weighted by Gasteiger charge is 1.99. The number of hydrogen-bond acceptors (Lipinski definition) is 3. The molecule has 4 nitrogen and oxygen atoms in total.